The van der Waals surface area contributed by atoms with E-state index in [1.165, 1.54) is 0 Å². The van der Waals surface area contributed by atoms with E-state index in [4.69, 9.17) is 21.1 Å². The topological polar surface area (TPSA) is 38.8 Å². The minimum atomic E-state index is -0.608. The molecule has 5 heteroatoms. The quantitative estimate of drug-likeness (QED) is 0.746. The van der Waals surface area contributed by atoms with Crippen LogP contribution in [0.4, 0.5) is 0 Å². The van der Waals surface area contributed by atoms with E-state index >= 15 is 0 Å². The summed E-state index contributed by atoms with van der Waals surface area (Å²) in [5.74, 6) is -0.0287. The van der Waals surface area contributed by atoms with Crippen molar-refractivity contribution in [1.82, 2.24) is 4.90 Å². The van der Waals surface area contributed by atoms with Crippen molar-refractivity contribution in [3.8, 4) is 0 Å². The molecule has 1 fully saturated rings. The fourth-order valence-corrected chi connectivity index (χ4v) is 3.02. The Balaban J connectivity index is 2.20. The third-order valence-electron chi connectivity index (χ3n) is 3.50. The highest BCUT2D eigenvalue weighted by atomic mass is 35.5. The van der Waals surface area contributed by atoms with Crippen molar-refractivity contribution >= 4 is 17.5 Å². The van der Waals surface area contributed by atoms with Crippen molar-refractivity contribution in [3.63, 3.8) is 0 Å². The summed E-state index contributed by atoms with van der Waals surface area (Å²) in [7, 11) is 0. The summed E-state index contributed by atoms with van der Waals surface area (Å²) in [6, 6.07) is -0.176. The van der Waals surface area contributed by atoms with Gasteiger partial charge < -0.3 is 14.4 Å². The first kappa shape index (κ1) is 14.6. The van der Waals surface area contributed by atoms with E-state index in [1.807, 2.05) is 32.1 Å². The van der Waals surface area contributed by atoms with Gasteiger partial charge in [0.05, 0.1) is 30.7 Å². The van der Waals surface area contributed by atoms with Gasteiger partial charge in [0, 0.05) is 6.92 Å². The van der Waals surface area contributed by atoms with Gasteiger partial charge in [-0.05, 0) is 19.4 Å². The standard InChI is InChI=1S/C14H20ClNO3/c1-10-5-4-6-14(3,15)13(10)16(11(2)17)9-12-18-7-8-19-12/h4-6,12-13H,7-9H2,1-3H3. The fourth-order valence-electron chi connectivity index (χ4n) is 2.66. The van der Waals surface area contributed by atoms with E-state index in [9.17, 15) is 4.79 Å². The summed E-state index contributed by atoms with van der Waals surface area (Å²) in [5, 5.41) is 0. The molecule has 1 aliphatic carbocycles. The number of ether oxygens (including phenoxy) is 2. The van der Waals surface area contributed by atoms with Gasteiger partial charge in [0.1, 0.15) is 0 Å². The monoisotopic (exact) mass is 285 g/mol. The number of carbonyl (C=O) groups excluding carboxylic acids is 1. The maximum absolute atomic E-state index is 12.0. The first-order chi connectivity index (χ1) is 8.92. The average molecular weight is 286 g/mol. The zero-order valence-corrected chi connectivity index (χ0v) is 12.3. The predicted molar refractivity (Wildman–Crippen MR) is 74.0 cm³/mol. The Morgan fingerprint density at radius 2 is 2.16 bits per heavy atom. The van der Waals surface area contributed by atoms with Crippen LogP contribution >= 0.6 is 11.6 Å². The van der Waals surface area contributed by atoms with Crippen LogP contribution in [0, 0.1) is 0 Å². The highest BCUT2D eigenvalue weighted by molar-refractivity contribution is 6.26. The van der Waals surface area contributed by atoms with Crippen LogP contribution < -0.4 is 0 Å². The van der Waals surface area contributed by atoms with Gasteiger partial charge in [0.15, 0.2) is 6.29 Å². The first-order valence-electron chi connectivity index (χ1n) is 6.47. The van der Waals surface area contributed by atoms with Crippen molar-refractivity contribution < 1.29 is 14.3 Å². The number of halogens is 1. The second-order valence-electron chi connectivity index (χ2n) is 5.17. The van der Waals surface area contributed by atoms with Crippen LogP contribution in [0.1, 0.15) is 20.8 Å². The van der Waals surface area contributed by atoms with Gasteiger partial charge in [0.25, 0.3) is 0 Å². The Bertz CT molecular complexity index is 411. The Labute approximate surface area is 119 Å². The van der Waals surface area contributed by atoms with E-state index < -0.39 is 4.87 Å². The number of nitrogens with zero attached hydrogens (tertiary/aromatic N) is 1. The van der Waals surface area contributed by atoms with Crippen LogP contribution in [0.25, 0.3) is 0 Å². The van der Waals surface area contributed by atoms with Crippen molar-refractivity contribution in [2.75, 3.05) is 19.8 Å². The molecule has 0 bridgehead atoms. The Kier molecular flexibility index (Phi) is 4.33. The van der Waals surface area contributed by atoms with Crippen LogP contribution in [-0.2, 0) is 14.3 Å². The van der Waals surface area contributed by atoms with Crippen molar-refractivity contribution in [2.24, 2.45) is 0 Å². The normalized spacial score (nSPS) is 31.4. The summed E-state index contributed by atoms with van der Waals surface area (Å²) in [6.07, 6.45) is 5.48. The van der Waals surface area contributed by atoms with Crippen molar-refractivity contribution in [2.45, 2.75) is 38.0 Å². The molecule has 0 aromatic heterocycles. The van der Waals surface area contributed by atoms with Crippen LogP contribution in [-0.4, -0.2) is 47.8 Å². The molecule has 0 aromatic rings. The van der Waals surface area contributed by atoms with Crippen LogP contribution in [0.2, 0.25) is 0 Å². The molecule has 19 heavy (non-hydrogen) atoms. The Hall–Kier alpha value is -0.840. The maximum atomic E-state index is 12.0. The summed E-state index contributed by atoms with van der Waals surface area (Å²) >= 11 is 6.55. The van der Waals surface area contributed by atoms with Crippen LogP contribution in [0.15, 0.2) is 23.8 Å². The van der Waals surface area contributed by atoms with Gasteiger partial charge in [0.2, 0.25) is 5.91 Å². The van der Waals surface area contributed by atoms with Gasteiger partial charge >= 0.3 is 0 Å². The van der Waals surface area contributed by atoms with E-state index in [0.717, 1.165) is 5.57 Å². The molecule has 0 radical (unpaired) electrons. The summed E-state index contributed by atoms with van der Waals surface area (Å²) in [4.78, 5) is 13.1. The van der Waals surface area contributed by atoms with Crippen molar-refractivity contribution in [3.05, 3.63) is 23.8 Å². The second kappa shape index (κ2) is 5.65. The molecule has 1 amide bonds. The molecule has 1 heterocycles. The maximum Gasteiger partial charge on any atom is 0.220 e. The minimum Gasteiger partial charge on any atom is -0.348 e. The van der Waals surface area contributed by atoms with E-state index in [-0.39, 0.29) is 18.2 Å². The lowest BCUT2D eigenvalue weighted by Gasteiger charge is -2.41. The highest BCUT2D eigenvalue weighted by Crippen LogP contribution is 2.34. The fraction of sp³-hybridized carbons (Fsp3) is 0.643. The molecule has 1 aliphatic heterocycles. The number of alkyl halides is 1. The number of rotatable bonds is 3. The molecule has 0 aromatic carbocycles. The van der Waals surface area contributed by atoms with E-state index in [2.05, 4.69) is 0 Å². The molecule has 2 unspecified atom stereocenters. The summed E-state index contributed by atoms with van der Waals surface area (Å²) in [6.45, 7) is 7.01. The Morgan fingerprint density at radius 1 is 1.53 bits per heavy atom. The molecule has 0 saturated carbocycles. The summed E-state index contributed by atoms with van der Waals surface area (Å²) < 4.78 is 10.9. The number of allylic oxidation sites excluding steroid dienone is 2. The molecular weight excluding hydrogens is 266 g/mol. The lowest BCUT2D eigenvalue weighted by Crippen LogP contribution is -2.53. The SMILES string of the molecule is CC(=O)N(CC1OCCO1)C1C(C)=CC=CC1(C)Cl. The predicted octanol–water partition coefficient (Wildman–Crippen LogP) is 2.09. The minimum absolute atomic E-state index is 0.0287. The van der Waals surface area contributed by atoms with Gasteiger partial charge in [-0.1, -0.05) is 18.2 Å². The lowest BCUT2D eigenvalue weighted by molar-refractivity contribution is -0.138. The molecular formula is C14H20ClNO3. The number of carbonyl (C=O) groups is 1. The highest BCUT2D eigenvalue weighted by Gasteiger charge is 2.39. The molecule has 0 spiro atoms. The third-order valence-corrected chi connectivity index (χ3v) is 3.83. The smallest absolute Gasteiger partial charge is 0.220 e. The number of amides is 1. The zero-order chi connectivity index (χ0) is 14.0. The number of hydrogen-bond donors (Lipinski definition) is 0. The van der Waals surface area contributed by atoms with Gasteiger partial charge in [-0.15, -0.1) is 11.6 Å². The van der Waals surface area contributed by atoms with Crippen molar-refractivity contribution in [1.29, 1.82) is 0 Å². The number of hydrogen-bond acceptors (Lipinski definition) is 3. The second-order valence-corrected chi connectivity index (χ2v) is 5.98. The van der Waals surface area contributed by atoms with Gasteiger partial charge in [-0.25, -0.2) is 0 Å². The van der Waals surface area contributed by atoms with Gasteiger partial charge in [-0.2, -0.15) is 0 Å². The molecule has 2 atom stereocenters. The van der Waals surface area contributed by atoms with E-state index in [0.29, 0.717) is 19.8 Å². The van der Waals surface area contributed by atoms with Crippen LogP contribution in [0.5, 0.6) is 0 Å². The first-order valence-corrected chi connectivity index (χ1v) is 6.85. The third kappa shape index (κ3) is 3.19. The Morgan fingerprint density at radius 3 is 2.68 bits per heavy atom. The molecule has 0 N–H and O–H groups in total. The largest absolute Gasteiger partial charge is 0.348 e. The molecule has 4 nitrogen and oxygen atoms in total. The summed E-state index contributed by atoms with van der Waals surface area (Å²) in [5.41, 5.74) is 1.06. The van der Waals surface area contributed by atoms with Gasteiger partial charge in [-0.3, -0.25) is 4.79 Å². The van der Waals surface area contributed by atoms with E-state index in [1.54, 1.807) is 11.8 Å². The molecule has 2 rings (SSSR count). The molecule has 2 aliphatic rings. The lowest BCUT2D eigenvalue weighted by atomic mass is 9.88. The zero-order valence-electron chi connectivity index (χ0n) is 11.6. The average Bonchev–Trinajstić information content (AvgIpc) is 2.79. The molecule has 106 valence electrons. The van der Waals surface area contributed by atoms with Crippen LogP contribution in [0.3, 0.4) is 0 Å². The molecule has 1 saturated heterocycles.